The molecule has 23 heavy (non-hydrogen) atoms. The Labute approximate surface area is 128 Å². The van der Waals surface area contributed by atoms with Crippen LogP contribution in [0.3, 0.4) is 0 Å². The van der Waals surface area contributed by atoms with Crippen LogP contribution in [-0.4, -0.2) is 30.1 Å². The molecule has 118 valence electrons. The van der Waals surface area contributed by atoms with E-state index in [0.29, 0.717) is 0 Å². The van der Waals surface area contributed by atoms with Gasteiger partial charge in [0.2, 0.25) is 0 Å². The summed E-state index contributed by atoms with van der Waals surface area (Å²) in [4.78, 5) is 9.18. The van der Waals surface area contributed by atoms with Gasteiger partial charge in [-0.25, -0.2) is 9.97 Å². The lowest BCUT2D eigenvalue weighted by atomic mass is 10.1. The van der Waals surface area contributed by atoms with Gasteiger partial charge in [0.05, 0.1) is 36.0 Å². The molecule has 1 N–H and O–H groups in total. The first-order valence-corrected chi connectivity index (χ1v) is 6.51. The molecule has 3 heterocycles. The molecule has 0 unspecified atom stereocenters. The topological polar surface area (TPSA) is 76.7 Å². The van der Waals surface area contributed by atoms with Crippen molar-refractivity contribution < 1.29 is 18.3 Å². The zero-order valence-electron chi connectivity index (χ0n) is 11.6. The number of aliphatic hydroxyl groups excluding tert-OH is 1. The molecule has 0 aromatic carbocycles. The maximum Gasteiger partial charge on any atom is 0.418 e. The Bertz CT molecular complexity index is 818. The van der Waals surface area contributed by atoms with Crippen LogP contribution in [0.25, 0.3) is 17.2 Å². The number of pyridine rings is 2. The van der Waals surface area contributed by atoms with E-state index in [1.165, 1.54) is 29.3 Å². The predicted molar refractivity (Wildman–Crippen MR) is 73.3 cm³/mol. The molecule has 0 aliphatic carbocycles. The van der Waals surface area contributed by atoms with Crippen LogP contribution in [0.1, 0.15) is 11.3 Å². The summed E-state index contributed by atoms with van der Waals surface area (Å²) in [5.41, 5.74) is -1.13. The van der Waals surface area contributed by atoms with E-state index in [0.717, 1.165) is 12.1 Å². The van der Waals surface area contributed by atoms with Crippen LogP contribution in [0, 0.1) is 0 Å². The minimum Gasteiger partial charge on any atom is -0.390 e. The van der Waals surface area contributed by atoms with Gasteiger partial charge in [0, 0.05) is 0 Å². The number of alkyl halides is 3. The highest BCUT2D eigenvalue weighted by Gasteiger charge is 2.35. The fraction of sp³-hybridized carbons (Fsp3) is 0.143. The molecule has 0 aliphatic heterocycles. The van der Waals surface area contributed by atoms with Crippen molar-refractivity contribution in [1.29, 1.82) is 0 Å². The van der Waals surface area contributed by atoms with Crippen LogP contribution in [-0.2, 0) is 12.8 Å². The van der Waals surface area contributed by atoms with Gasteiger partial charge in [-0.05, 0) is 24.3 Å². The monoisotopic (exact) mass is 321 g/mol. The van der Waals surface area contributed by atoms with Crippen LogP contribution in [0.15, 0.2) is 42.7 Å². The number of rotatable bonds is 3. The molecule has 3 aromatic rings. The fourth-order valence-corrected chi connectivity index (χ4v) is 2.01. The maximum absolute atomic E-state index is 13.2. The summed E-state index contributed by atoms with van der Waals surface area (Å²) in [6, 6.07) is 6.52. The lowest BCUT2D eigenvalue weighted by molar-refractivity contribution is -0.137. The van der Waals surface area contributed by atoms with Gasteiger partial charge in [0.25, 0.3) is 0 Å². The van der Waals surface area contributed by atoms with Crippen molar-refractivity contribution in [2.24, 2.45) is 0 Å². The van der Waals surface area contributed by atoms with Gasteiger partial charge in [-0.1, -0.05) is 6.07 Å². The molecule has 0 saturated heterocycles. The summed E-state index contributed by atoms with van der Waals surface area (Å²) in [7, 11) is 0. The molecule has 0 aliphatic rings. The second kappa shape index (κ2) is 5.76. The summed E-state index contributed by atoms with van der Waals surface area (Å²) >= 11 is 0. The zero-order valence-corrected chi connectivity index (χ0v) is 11.6. The van der Waals surface area contributed by atoms with Crippen molar-refractivity contribution in [3.8, 4) is 17.2 Å². The van der Waals surface area contributed by atoms with Crippen molar-refractivity contribution >= 4 is 0 Å². The van der Waals surface area contributed by atoms with Crippen molar-refractivity contribution in [2.45, 2.75) is 12.8 Å². The van der Waals surface area contributed by atoms with Gasteiger partial charge in [-0.2, -0.15) is 23.4 Å². The number of nitrogens with zero attached hydrogens (tertiary/aromatic N) is 5. The molecule has 0 radical (unpaired) electrons. The minimum absolute atomic E-state index is 0.0161. The number of aromatic nitrogens is 5. The lowest BCUT2D eigenvalue weighted by Crippen LogP contribution is -2.11. The smallest absolute Gasteiger partial charge is 0.390 e. The third-order valence-corrected chi connectivity index (χ3v) is 3.02. The Morgan fingerprint density at radius 3 is 2.39 bits per heavy atom. The van der Waals surface area contributed by atoms with Gasteiger partial charge < -0.3 is 5.11 Å². The zero-order chi connectivity index (χ0) is 16.4. The molecular formula is C14H10F3N5O. The molecule has 0 spiro atoms. The van der Waals surface area contributed by atoms with Gasteiger partial charge in [0.15, 0.2) is 5.82 Å². The Hall–Kier alpha value is -2.81. The van der Waals surface area contributed by atoms with Gasteiger partial charge >= 0.3 is 6.18 Å². The van der Waals surface area contributed by atoms with E-state index in [4.69, 9.17) is 5.11 Å². The largest absolute Gasteiger partial charge is 0.418 e. The molecule has 9 heteroatoms. The van der Waals surface area contributed by atoms with E-state index in [-0.39, 0.29) is 22.9 Å². The van der Waals surface area contributed by atoms with Crippen molar-refractivity contribution in [1.82, 2.24) is 25.0 Å². The highest BCUT2D eigenvalue weighted by molar-refractivity contribution is 5.61. The summed E-state index contributed by atoms with van der Waals surface area (Å²) in [5.74, 6) is 0.261. The first kappa shape index (κ1) is 15.1. The Kier molecular flexibility index (Phi) is 3.78. The maximum atomic E-state index is 13.2. The van der Waals surface area contributed by atoms with Crippen LogP contribution in [0.5, 0.6) is 0 Å². The van der Waals surface area contributed by atoms with Gasteiger partial charge in [0.1, 0.15) is 5.69 Å². The average Bonchev–Trinajstić information content (AvgIpc) is 3.08. The first-order valence-electron chi connectivity index (χ1n) is 6.51. The molecule has 0 saturated carbocycles. The van der Waals surface area contributed by atoms with E-state index in [9.17, 15) is 13.2 Å². The minimum atomic E-state index is -4.59. The quantitative estimate of drug-likeness (QED) is 0.800. The van der Waals surface area contributed by atoms with Crippen molar-refractivity contribution in [2.75, 3.05) is 0 Å². The van der Waals surface area contributed by atoms with E-state index in [2.05, 4.69) is 20.2 Å². The number of hydrogen-bond acceptors (Lipinski definition) is 5. The number of halogens is 3. The summed E-state index contributed by atoms with van der Waals surface area (Å²) < 4.78 is 39.6. The molecule has 3 rings (SSSR count). The summed E-state index contributed by atoms with van der Waals surface area (Å²) in [5, 5.41) is 16.9. The van der Waals surface area contributed by atoms with E-state index in [1.807, 2.05) is 0 Å². The Balaban J connectivity index is 2.16. The van der Waals surface area contributed by atoms with E-state index >= 15 is 0 Å². The molecule has 0 bridgehead atoms. The van der Waals surface area contributed by atoms with Gasteiger partial charge in [-0.3, -0.25) is 0 Å². The second-order valence-corrected chi connectivity index (χ2v) is 4.55. The number of hydrogen-bond donors (Lipinski definition) is 1. The van der Waals surface area contributed by atoms with Crippen LogP contribution >= 0.6 is 0 Å². The molecule has 0 fully saturated rings. The normalized spacial score (nSPS) is 11.7. The predicted octanol–water partition coefficient (Wildman–Crippen LogP) is 2.24. The highest BCUT2D eigenvalue weighted by Crippen LogP contribution is 2.35. The van der Waals surface area contributed by atoms with Crippen molar-refractivity contribution in [3.05, 3.63) is 54.0 Å². The van der Waals surface area contributed by atoms with E-state index < -0.39 is 18.3 Å². The van der Waals surface area contributed by atoms with Crippen molar-refractivity contribution in [3.63, 3.8) is 0 Å². The van der Waals surface area contributed by atoms with Crippen LogP contribution in [0.4, 0.5) is 13.2 Å². The average molecular weight is 321 g/mol. The molecule has 0 atom stereocenters. The van der Waals surface area contributed by atoms with Gasteiger partial charge in [-0.15, -0.1) is 4.80 Å². The second-order valence-electron chi connectivity index (χ2n) is 4.55. The summed E-state index contributed by atoms with van der Waals surface area (Å²) in [6.45, 7) is -0.467. The molecule has 0 amide bonds. The third-order valence-electron chi connectivity index (χ3n) is 3.02. The number of aliphatic hydroxyl groups is 1. The standard InChI is InChI=1S/C14H10F3N5O/c15-14(16,17)10-5-4-9(8-23)20-13(10)11-2-1-3-12(21-11)22-18-6-7-19-22/h1-7,23H,8H2. The summed E-state index contributed by atoms with van der Waals surface area (Å²) in [6.07, 6.45) is -1.72. The highest BCUT2D eigenvalue weighted by atomic mass is 19.4. The lowest BCUT2D eigenvalue weighted by Gasteiger charge is -2.13. The fourth-order valence-electron chi connectivity index (χ4n) is 2.01. The molecule has 3 aromatic heterocycles. The van der Waals surface area contributed by atoms with Crippen LogP contribution in [0.2, 0.25) is 0 Å². The SMILES string of the molecule is OCc1ccc(C(F)(F)F)c(-c2cccc(-n3nccn3)n2)n1. The molecule has 6 nitrogen and oxygen atoms in total. The Morgan fingerprint density at radius 1 is 1.00 bits per heavy atom. The van der Waals surface area contributed by atoms with E-state index in [1.54, 1.807) is 6.07 Å². The Morgan fingerprint density at radius 2 is 1.74 bits per heavy atom. The van der Waals surface area contributed by atoms with Crippen LogP contribution < -0.4 is 0 Å². The first-order chi connectivity index (χ1) is 11.0. The third kappa shape index (κ3) is 3.04. The molecular weight excluding hydrogens is 311 g/mol.